The Labute approximate surface area is 197 Å². The summed E-state index contributed by atoms with van der Waals surface area (Å²) in [7, 11) is 1.78. The highest BCUT2D eigenvalue weighted by molar-refractivity contribution is 5.76. The molecule has 0 amide bonds. The van der Waals surface area contributed by atoms with E-state index in [-0.39, 0.29) is 6.61 Å². The van der Waals surface area contributed by atoms with Crippen molar-refractivity contribution in [2.75, 3.05) is 25.5 Å². The van der Waals surface area contributed by atoms with Gasteiger partial charge < -0.3 is 29.5 Å². The highest BCUT2D eigenvalue weighted by Crippen LogP contribution is 2.34. The minimum atomic E-state index is -0.614. The Morgan fingerprint density at radius 3 is 2.56 bits per heavy atom. The number of aryl methyl sites for hydroxylation is 3. The fraction of sp³-hybridized carbons (Fsp3) is 0.333. The Balaban J connectivity index is 1.76. The maximum Gasteiger partial charge on any atom is 0.175 e. The van der Waals surface area contributed by atoms with Crippen molar-refractivity contribution in [1.29, 1.82) is 0 Å². The van der Waals surface area contributed by atoms with Gasteiger partial charge in [-0.25, -0.2) is 9.97 Å². The first kappa shape index (κ1) is 23.4. The van der Waals surface area contributed by atoms with E-state index in [0.717, 1.165) is 22.4 Å². The van der Waals surface area contributed by atoms with Crippen molar-refractivity contribution in [3.8, 4) is 28.4 Å². The molecule has 3 heterocycles. The van der Waals surface area contributed by atoms with Gasteiger partial charge in [0, 0.05) is 23.7 Å². The second kappa shape index (κ2) is 10.0. The first-order chi connectivity index (χ1) is 16.4. The summed E-state index contributed by atoms with van der Waals surface area (Å²) < 4.78 is 16.4. The molecule has 178 valence electrons. The van der Waals surface area contributed by atoms with Gasteiger partial charge in [0.25, 0.3) is 0 Å². The minimum absolute atomic E-state index is 0.168. The van der Waals surface area contributed by atoms with Gasteiger partial charge in [-0.05, 0) is 46.9 Å². The average molecular weight is 465 g/mol. The molecule has 10 heteroatoms. The van der Waals surface area contributed by atoms with Gasteiger partial charge in [-0.3, -0.25) is 0 Å². The van der Waals surface area contributed by atoms with Gasteiger partial charge in [0.2, 0.25) is 0 Å². The van der Waals surface area contributed by atoms with Crippen LogP contribution in [0.3, 0.4) is 0 Å². The minimum Gasteiger partial charge on any atom is -0.491 e. The van der Waals surface area contributed by atoms with E-state index in [9.17, 15) is 5.11 Å². The number of likely N-dealkylation sites (N-methyl/N-ethyl adjacent to an activating group) is 1. The van der Waals surface area contributed by atoms with E-state index in [0.29, 0.717) is 47.0 Å². The van der Waals surface area contributed by atoms with Gasteiger partial charge in [0.05, 0.1) is 17.0 Å². The number of anilines is 2. The van der Waals surface area contributed by atoms with E-state index < -0.39 is 6.10 Å². The van der Waals surface area contributed by atoms with Crippen LogP contribution in [0.25, 0.3) is 22.6 Å². The van der Waals surface area contributed by atoms with Gasteiger partial charge in [0.1, 0.15) is 35.8 Å². The zero-order valence-electron chi connectivity index (χ0n) is 19.8. The van der Waals surface area contributed by atoms with Crippen LogP contribution in [-0.4, -0.2) is 51.7 Å². The number of nitrogens with zero attached hydrogens (tertiary/aromatic N) is 4. The Bertz CT molecular complexity index is 1260. The second-order valence-electron chi connectivity index (χ2n) is 8.07. The molecule has 0 radical (unpaired) electrons. The molecule has 0 fully saturated rings. The number of aromatic nitrogens is 4. The summed E-state index contributed by atoms with van der Waals surface area (Å²) in [5.74, 6) is 3.59. The van der Waals surface area contributed by atoms with Crippen molar-refractivity contribution in [2.24, 2.45) is 0 Å². The number of ether oxygens (including phenoxy) is 1. The van der Waals surface area contributed by atoms with Crippen molar-refractivity contribution in [3.63, 3.8) is 0 Å². The predicted octanol–water partition coefficient (Wildman–Crippen LogP) is 3.72. The van der Waals surface area contributed by atoms with Crippen LogP contribution in [0.1, 0.15) is 22.8 Å². The summed E-state index contributed by atoms with van der Waals surface area (Å²) in [6.07, 6.45) is -0.614. The monoisotopic (exact) mass is 464 g/mol. The molecule has 4 aromatic rings. The molecule has 34 heavy (non-hydrogen) atoms. The summed E-state index contributed by atoms with van der Waals surface area (Å²) in [5, 5.41) is 24.2. The van der Waals surface area contributed by atoms with Crippen LogP contribution in [0.2, 0.25) is 0 Å². The Morgan fingerprint density at radius 1 is 1.06 bits per heavy atom. The molecule has 0 saturated carbocycles. The van der Waals surface area contributed by atoms with E-state index >= 15 is 0 Å². The van der Waals surface area contributed by atoms with E-state index in [1.807, 2.05) is 52.0 Å². The number of aliphatic hydroxyl groups excluding tert-OH is 1. The van der Waals surface area contributed by atoms with Gasteiger partial charge in [-0.15, -0.1) is 0 Å². The topological polar surface area (TPSA) is 131 Å². The number of hydrogen-bond acceptors (Lipinski definition) is 10. The zero-order valence-corrected chi connectivity index (χ0v) is 19.8. The second-order valence-corrected chi connectivity index (χ2v) is 8.07. The number of aliphatic hydroxyl groups is 1. The highest BCUT2D eigenvalue weighted by Gasteiger charge is 2.21. The summed E-state index contributed by atoms with van der Waals surface area (Å²) in [6.45, 7) is 8.11. The number of rotatable bonds is 9. The van der Waals surface area contributed by atoms with Crippen LogP contribution in [0, 0.1) is 27.7 Å². The lowest BCUT2D eigenvalue weighted by molar-refractivity contribution is 0.108. The summed E-state index contributed by atoms with van der Waals surface area (Å²) in [6, 6.07) is 9.24. The van der Waals surface area contributed by atoms with Gasteiger partial charge >= 0.3 is 0 Å². The van der Waals surface area contributed by atoms with Crippen molar-refractivity contribution in [2.45, 2.75) is 33.8 Å². The van der Waals surface area contributed by atoms with Gasteiger partial charge in [0.15, 0.2) is 11.6 Å². The van der Waals surface area contributed by atoms with Crippen LogP contribution in [0.15, 0.2) is 39.4 Å². The van der Waals surface area contributed by atoms with Crippen molar-refractivity contribution >= 4 is 11.6 Å². The SMILES string of the molecule is CNCC(O)COc1cccc(-c2nc(Nc3cc(C)on3)c(C)c(-c3c(C)noc3C)n2)c1. The normalized spacial score (nSPS) is 12.1. The van der Waals surface area contributed by atoms with Gasteiger partial charge in [-0.1, -0.05) is 22.4 Å². The molecule has 1 aromatic carbocycles. The first-order valence-electron chi connectivity index (χ1n) is 10.9. The summed E-state index contributed by atoms with van der Waals surface area (Å²) in [4.78, 5) is 9.64. The molecule has 4 rings (SSSR count). The molecule has 0 aliphatic carbocycles. The molecule has 0 bridgehead atoms. The largest absolute Gasteiger partial charge is 0.491 e. The van der Waals surface area contributed by atoms with Crippen molar-refractivity contribution in [3.05, 3.63) is 53.1 Å². The maximum atomic E-state index is 9.95. The molecular formula is C24H28N6O4. The van der Waals surface area contributed by atoms with Crippen LogP contribution >= 0.6 is 0 Å². The van der Waals surface area contributed by atoms with Crippen LogP contribution in [-0.2, 0) is 0 Å². The van der Waals surface area contributed by atoms with Crippen LogP contribution < -0.4 is 15.4 Å². The average Bonchev–Trinajstić information content (AvgIpc) is 3.38. The molecule has 1 atom stereocenters. The van der Waals surface area contributed by atoms with Crippen molar-refractivity contribution < 1.29 is 18.9 Å². The third kappa shape index (κ3) is 5.08. The van der Waals surface area contributed by atoms with Gasteiger partial charge in [-0.2, -0.15) is 0 Å². The van der Waals surface area contributed by atoms with Crippen LogP contribution in [0.5, 0.6) is 5.75 Å². The Hall–Kier alpha value is -3.76. The number of nitrogens with one attached hydrogen (secondary N) is 2. The molecule has 0 aliphatic heterocycles. The maximum absolute atomic E-state index is 9.95. The number of hydrogen-bond donors (Lipinski definition) is 3. The Morgan fingerprint density at radius 2 is 1.88 bits per heavy atom. The Kier molecular flexibility index (Phi) is 6.90. The van der Waals surface area contributed by atoms with E-state index in [2.05, 4.69) is 20.9 Å². The molecule has 3 aromatic heterocycles. The van der Waals surface area contributed by atoms with E-state index in [1.165, 1.54) is 0 Å². The van der Waals surface area contributed by atoms with Crippen molar-refractivity contribution in [1.82, 2.24) is 25.6 Å². The summed E-state index contributed by atoms with van der Waals surface area (Å²) in [5.41, 5.74) is 3.85. The smallest absolute Gasteiger partial charge is 0.175 e. The lowest BCUT2D eigenvalue weighted by Gasteiger charge is -2.14. The molecular weight excluding hydrogens is 436 g/mol. The lowest BCUT2D eigenvalue weighted by Crippen LogP contribution is -2.29. The fourth-order valence-electron chi connectivity index (χ4n) is 3.59. The fourth-order valence-corrected chi connectivity index (χ4v) is 3.59. The highest BCUT2D eigenvalue weighted by atomic mass is 16.5. The molecule has 0 spiro atoms. The zero-order chi connectivity index (χ0) is 24.2. The number of benzene rings is 1. The van der Waals surface area contributed by atoms with E-state index in [4.69, 9.17) is 23.8 Å². The molecule has 0 aliphatic rings. The lowest BCUT2D eigenvalue weighted by atomic mass is 10.0. The quantitative estimate of drug-likeness (QED) is 0.337. The molecule has 0 saturated heterocycles. The molecule has 3 N–H and O–H groups in total. The predicted molar refractivity (Wildman–Crippen MR) is 127 cm³/mol. The van der Waals surface area contributed by atoms with Crippen LogP contribution in [0.4, 0.5) is 11.6 Å². The molecule has 10 nitrogen and oxygen atoms in total. The van der Waals surface area contributed by atoms with E-state index in [1.54, 1.807) is 13.1 Å². The third-order valence-electron chi connectivity index (χ3n) is 5.26. The standard InChI is InChI=1S/C24H28N6O4/c1-13-9-20(30-33-13)26-23-14(2)22(21-15(3)29-34-16(21)4)27-24(28-23)17-7-6-8-19(10-17)32-12-18(31)11-25-5/h6-10,18,25,31H,11-12H2,1-5H3,(H,26,27,28,30). The third-order valence-corrected chi connectivity index (χ3v) is 5.26. The molecule has 1 unspecified atom stereocenters. The summed E-state index contributed by atoms with van der Waals surface area (Å²) >= 11 is 0. The first-order valence-corrected chi connectivity index (χ1v) is 10.9.